The third-order valence-corrected chi connectivity index (χ3v) is 5.18. The number of fused-ring (bicyclic) bond motifs is 1. The summed E-state index contributed by atoms with van der Waals surface area (Å²) in [6, 6.07) is 14.3. The number of halogens is 1. The monoisotopic (exact) mass is 342 g/mol. The van der Waals surface area contributed by atoms with E-state index in [0.717, 1.165) is 31.0 Å². The highest BCUT2D eigenvalue weighted by Gasteiger charge is 2.29. The first kappa shape index (κ1) is 15.5. The molecule has 1 saturated heterocycles. The van der Waals surface area contributed by atoms with Gasteiger partial charge >= 0.3 is 0 Å². The van der Waals surface area contributed by atoms with Gasteiger partial charge in [0, 0.05) is 24.8 Å². The van der Waals surface area contributed by atoms with E-state index >= 15 is 0 Å². The minimum atomic E-state index is -0.259. The summed E-state index contributed by atoms with van der Waals surface area (Å²) in [5, 5.41) is 0. The highest BCUT2D eigenvalue weighted by atomic mass is 32.2. The van der Waals surface area contributed by atoms with Crippen molar-refractivity contribution in [1.82, 2.24) is 4.90 Å². The molecule has 0 N–H and O–H groups in total. The second-order valence-electron chi connectivity index (χ2n) is 6.09. The Labute approximate surface area is 145 Å². The molecule has 2 aromatic rings. The molecule has 1 unspecified atom stereocenters. The quantitative estimate of drug-likeness (QED) is 0.745. The van der Waals surface area contributed by atoms with Crippen molar-refractivity contribution in [2.24, 2.45) is 4.40 Å². The second kappa shape index (κ2) is 6.85. The van der Waals surface area contributed by atoms with Crippen LogP contribution in [0.4, 0.5) is 4.39 Å². The third kappa shape index (κ3) is 3.26. The molecule has 0 amide bonds. The van der Waals surface area contributed by atoms with E-state index in [9.17, 15) is 4.39 Å². The van der Waals surface area contributed by atoms with Gasteiger partial charge in [-0.3, -0.25) is 0 Å². The lowest BCUT2D eigenvalue weighted by atomic mass is 9.89. The number of nitrogens with zero attached hydrogens (tertiary/aromatic N) is 2. The molecule has 5 heteroatoms. The number of ether oxygens (including phenoxy) is 1. The molecule has 4 rings (SSSR count). The predicted molar refractivity (Wildman–Crippen MR) is 96.4 cm³/mol. The topological polar surface area (TPSA) is 24.8 Å². The summed E-state index contributed by atoms with van der Waals surface area (Å²) in [5.41, 5.74) is 1.28. The van der Waals surface area contributed by atoms with Crippen LogP contribution in [-0.4, -0.2) is 29.6 Å². The fraction of sp³-hybridized carbons (Fsp3) is 0.316. The van der Waals surface area contributed by atoms with Crippen molar-refractivity contribution >= 4 is 17.8 Å². The van der Waals surface area contributed by atoms with E-state index in [1.165, 1.54) is 30.0 Å². The van der Waals surface area contributed by atoms with E-state index in [2.05, 4.69) is 17.0 Å². The Balaban J connectivity index is 1.51. The first-order chi connectivity index (χ1) is 11.8. The zero-order chi connectivity index (χ0) is 16.4. The van der Waals surface area contributed by atoms with E-state index in [1.54, 1.807) is 24.1 Å². The molecule has 1 fully saturated rings. The van der Waals surface area contributed by atoms with Gasteiger partial charge in [-0.25, -0.2) is 8.79 Å². The van der Waals surface area contributed by atoms with Crippen LogP contribution in [0.25, 0.3) is 0 Å². The van der Waals surface area contributed by atoms with Gasteiger partial charge in [0.25, 0.3) is 0 Å². The Morgan fingerprint density at radius 2 is 1.71 bits per heavy atom. The molecular formula is C19H19FN2OS. The minimum absolute atomic E-state index is 0.259. The van der Waals surface area contributed by atoms with Crippen molar-refractivity contribution in [3.8, 4) is 11.5 Å². The number of hydrogen-bond donors (Lipinski definition) is 0. The lowest BCUT2D eigenvalue weighted by Crippen LogP contribution is -2.42. The SMILES string of the molecule is Fc1ccc(Oc2ccc(C3CCCN4CCSN=C34)cc2)cc1. The molecule has 1 atom stereocenters. The van der Waals surface area contributed by atoms with Crippen LogP contribution in [0, 0.1) is 5.82 Å². The van der Waals surface area contributed by atoms with Crippen molar-refractivity contribution < 1.29 is 9.13 Å². The number of benzene rings is 2. The molecule has 0 aliphatic carbocycles. The van der Waals surface area contributed by atoms with Gasteiger partial charge in [-0.05, 0) is 66.8 Å². The number of amidine groups is 1. The molecular weight excluding hydrogens is 323 g/mol. The lowest BCUT2D eigenvalue weighted by molar-refractivity contribution is 0.371. The molecule has 124 valence electrons. The smallest absolute Gasteiger partial charge is 0.127 e. The van der Waals surface area contributed by atoms with Crippen LogP contribution in [0.3, 0.4) is 0 Å². The van der Waals surface area contributed by atoms with Crippen molar-refractivity contribution in [1.29, 1.82) is 0 Å². The summed E-state index contributed by atoms with van der Waals surface area (Å²) < 4.78 is 23.4. The summed E-state index contributed by atoms with van der Waals surface area (Å²) in [6.07, 6.45) is 2.36. The van der Waals surface area contributed by atoms with Gasteiger partial charge in [0.1, 0.15) is 23.2 Å². The molecule has 0 radical (unpaired) electrons. The molecule has 3 nitrogen and oxygen atoms in total. The highest BCUT2D eigenvalue weighted by molar-refractivity contribution is 7.98. The van der Waals surface area contributed by atoms with Gasteiger partial charge in [-0.15, -0.1) is 0 Å². The van der Waals surface area contributed by atoms with Gasteiger partial charge in [0.15, 0.2) is 0 Å². The van der Waals surface area contributed by atoms with Gasteiger partial charge in [-0.2, -0.15) is 0 Å². The molecule has 2 aliphatic heterocycles. The summed E-state index contributed by atoms with van der Waals surface area (Å²) in [6.45, 7) is 2.23. The Kier molecular flexibility index (Phi) is 4.43. The van der Waals surface area contributed by atoms with E-state index in [0.29, 0.717) is 11.7 Å². The molecule has 2 aromatic carbocycles. The summed E-state index contributed by atoms with van der Waals surface area (Å²) in [7, 11) is 0. The third-order valence-electron chi connectivity index (χ3n) is 4.50. The molecule has 0 aromatic heterocycles. The van der Waals surface area contributed by atoms with Crippen molar-refractivity contribution in [3.63, 3.8) is 0 Å². The van der Waals surface area contributed by atoms with Crippen molar-refractivity contribution in [2.75, 3.05) is 18.8 Å². The fourth-order valence-electron chi connectivity index (χ4n) is 3.28. The average Bonchev–Trinajstić information content (AvgIpc) is 2.64. The van der Waals surface area contributed by atoms with Crippen molar-refractivity contribution in [2.45, 2.75) is 18.8 Å². The Morgan fingerprint density at radius 3 is 2.46 bits per heavy atom. The largest absolute Gasteiger partial charge is 0.457 e. The zero-order valence-corrected chi connectivity index (χ0v) is 14.1. The number of hydrogen-bond acceptors (Lipinski definition) is 4. The maximum Gasteiger partial charge on any atom is 0.127 e. The summed E-state index contributed by atoms with van der Waals surface area (Å²) >= 11 is 1.68. The van der Waals surface area contributed by atoms with Gasteiger partial charge < -0.3 is 9.64 Å². The first-order valence-electron chi connectivity index (χ1n) is 8.28. The first-order valence-corrected chi connectivity index (χ1v) is 9.22. The molecule has 24 heavy (non-hydrogen) atoms. The molecule has 2 heterocycles. The molecule has 0 saturated carbocycles. The van der Waals surface area contributed by atoms with E-state index in [1.807, 2.05) is 12.1 Å². The summed E-state index contributed by atoms with van der Waals surface area (Å²) in [5.74, 6) is 3.83. The van der Waals surface area contributed by atoms with Crippen LogP contribution in [0.2, 0.25) is 0 Å². The van der Waals surface area contributed by atoms with Crippen LogP contribution < -0.4 is 4.74 Å². The van der Waals surface area contributed by atoms with Gasteiger partial charge in [0.05, 0.1) is 0 Å². The average molecular weight is 342 g/mol. The van der Waals surface area contributed by atoms with Crippen LogP contribution in [0.5, 0.6) is 11.5 Å². The van der Waals surface area contributed by atoms with Crippen molar-refractivity contribution in [3.05, 3.63) is 59.9 Å². The second-order valence-corrected chi connectivity index (χ2v) is 6.94. The molecule has 0 bridgehead atoms. The molecule has 0 spiro atoms. The van der Waals surface area contributed by atoms with Crippen LogP contribution >= 0.6 is 11.9 Å². The zero-order valence-electron chi connectivity index (χ0n) is 13.3. The fourth-order valence-corrected chi connectivity index (χ4v) is 4.05. The minimum Gasteiger partial charge on any atom is -0.457 e. The summed E-state index contributed by atoms with van der Waals surface area (Å²) in [4.78, 5) is 2.42. The van der Waals surface area contributed by atoms with Gasteiger partial charge in [0.2, 0.25) is 0 Å². The lowest BCUT2D eigenvalue weighted by Gasteiger charge is -2.37. The van der Waals surface area contributed by atoms with Crippen LogP contribution in [-0.2, 0) is 0 Å². The van der Waals surface area contributed by atoms with Crippen LogP contribution in [0.15, 0.2) is 52.9 Å². The number of piperidine rings is 1. The Morgan fingerprint density at radius 1 is 1.00 bits per heavy atom. The number of rotatable bonds is 3. The maximum absolute atomic E-state index is 12.9. The maximum atomic E-state index is 12.9. The standard InChI is InChI=1S/C19H19FN2OS/c20-15-5-9-17(10-6-15)23-16-7-3-14(4-8-16)18-2-1-11-22-12-13-24-21-19(18)22/h3-10,18H,1-2,11-13H2. The predicted octanol–water partition coefficient (Wildman–Crippen LogP) is 4.86. The van der Waals surface area contributed by atoms with Crippen LogP contribution in [0.1, 0.15) is 24.3 Å². The Bertz CT molecular complexity index is 730. The van der Waals surface area contributed by atoms with Gasteiger partial charge in [-0.1, -0.05) is 12.1 Å². The van der Waals surface area contributed by atoms with E-state index < -0.39 is 0 Å². The van der Waals surface area contributed by atoms with E-state index in [4.69, 9.17) is 9.13 Å². The Hall–Kier alpha value is -2.01. The van der Waals surface area contributed by atoms with E-state index in [-0.39, 0.29) is 5.82 Å². The molecule has 2 aliphatic rings. The normalized spacial score (nSPS) is 20.3. The highest BCUT2D eigenvalue weighted by Crippen LogP contribution is 2.33.